The maximum atomic E-state index is 12.5. The number of amides is 1. The molecule has 0 unspecified atom stereocenters. The lowest BCUT2D eigenvalue weighted by Gasteiger charge is -2.27. The fourth-order valence-electron chi connectivity index (χ4n) is 2.36. The Kier molecular flexibility index (Phi) is 4.18. The largest absolute Gasteiger partial charge is 0.458 e. The van der Waals surface area contributed by atoms with Crippen molar-refractivity contribution in [3.63, 3.8) is 0 Å². The summed E-state index contributed by atoms with van der Waals surface area (Å²) in [5.41, 5.74) is 1.15. The first-order valence-electron chi connectivity index (χ1n) is 6.86. The first-order valence-corrected chi connectivity index (χ1v) is 7.80. The van der Waals surface area contributed by atoms with Crippen LogP contribution in [-0.2, 0) is 9.53 Å². The smallest absolute Gasteiger partial charge is 0.329 e. The van der Waals surface area contributed by atoms with Crippen LogP contribution in [0.2, 0.25) is 0 Å². The Morgan fingerprint density at radius 2 is 2.05 bits per heavy atom. The Bertz CT molecular complexity index is 515. The monoisotopic (exact) mass is 295 g/mol. The van der Waals surface area contributed by atoms with E-state index in [1.807, 2.05) is 38.5 Å². The Labute approximate surface area is 123 Å². The second-order valence-electron chi connectivity index (χ2n) is 6.16. The van der Waals surface area contributed by atoms with Crippen molar-refractivity contribution in [1.29, 1.82) is 0 Å². The highest BCUT2D eigenvalue weighted by molar-refractivity contribution is 7.08. The lowest BCUT2D eigenvalue weighted by Crippen LogP contribution is -2.43. The van der Waals surface area contributed by atoms with Crippen molar-refractivity contribution in [3.8, 4) is 0 Å². The van der Waals surface area contributed by atoms with E-state index in [1.165, 1.54) is 11.3 Å². The molecule has 0 N–H and O–H groups in total. The predicted molar refractivity (Wildman–Crippen MR) is 79.0 cm³/mol. The molecule has 2 rings (SSSR count). The van der Waals surface area contributed by atoms with E-state index in [0.717, 1.165) is 12.0 Å². The molecule has 0 radical (unpaired) electrons. The van der Waals surface area contributed by atoms with Gasteiger partial charge in [0, 0.05) is 11.9 Å². The molecule has 0 aromatic carbocycles. The van der Waals surface area contributed by atoms with Gasteiger partial charge in [0.25, 0.3) is 5.91 Å². The van der Waals surface area contributed by atoms with Gasteiger partial charge in [-0.1, -0.05) is 0 Å². The number of esters is 1. The third kappa shape index (κ3) is 3.20. The fraction of sp³-hybridized carbons (Fsp3) is 0.600. The molecule has 1 atom stereocenters. The minimum atomic E-state index is -0.521. The summed E-state index contributed by atoms with van der Waals surface area (Å²) in [5, 5.41) is 3.80. The maximum absolute atomic E-state index is 12.5. The molecule has 1 saturated heterocycles. The summed E-state index contributed by atoms with van der Waals surface area (Å²) in [6, 6.07) is -0.443. The summed E-state index contributed by atoms with van der Waals surface area (Å²) in [7, 11) is 0. The van der Waals surface area contributed by atoms with Crippen LogP contribution in [0.3, 0.4) is 0 Å². The van der Waals surface area contributed by atoms with Crippen molar-refractivity contribution in [2.24, 2.45) is 0 Å². The highest BCUT2D eigenvalue weighted by Crippen LogP contribution is 2.25. The number of hydrogen-bond acceptors (Lipinski definition) is 4. The SMILES string of the molecule is Cc1cscc1C(=O)N1CCC[C@H]1C(=O)OC(C)(C)C. The van der Waals surface area contributed by atoms with Crippen molar-refractivity contribution < 1.29 is 14.3 Å². The summed E-state index contributed by atoms with van der Waals surface area (Å²) in [6.07, 6.45) is 1.53. The third-order valence-corrected chi connectivity index (χ3v) is 4.14. The van der Waals surface area contributed by atoms with Crippen LogP contribution in [0, 0.1) is 6.92 Å². The third-order valence-electron chi connectivity index (χ3n) is 3.28. The molecule has 0 aliphatic carbocycles. The van der Waals surface area contributed by atoms with Crippen LogP contribution in [0.15, 0.2) is 10.8 Å². The van der Waals surface area contributed by atoms with E-state index in [4.69, 9.17) is 4.74 Å². The summed E-state index contributed by atoms with van der Waals surface area (Å²) < 4.78 is 5.42. The number of thiophene rings is 1. The zero-order valence-corrected chi connectivity index (χ0v) is 13.3. The minimum absolute atomic E-state index is 0.0582. The van der Waals surface area contributed by atoms with Crippen molar-refractivity contribution in [3.05, 3.63) is 21.9 Å². The quantitative estimate of drug-likeness (QED) is 0.788. The van der Waals surface area contributed by atoms with Gasteiger partial charge in [-0.15, -0.1) is 0 Å². The number of carbonyl (C=O) groups is 2. The van der Waals surface area contributed by atoms with Gasteiger partial charge >= 0.3 is 5.97 Å². The van der Waals surface area contributed by atoms with Crippen LogP contribution in [0.1, 0.15) is 49.5 Å². The van der Waals surface area contributed by atoms with Gasteiger partial charge in [0.2, 0.25) is 0 Å². The van der Waals surface area contributed by atoms with E-state index in [2.05, 4.69) is 0 Å². The molecule has 1 aromatic rings. The van der Waals surface area contributed by atoms with Gasteiger partial charge in [-0.3, -0.25) is 4.79 Å². The topological polar surface area (TPSA) is 46.6 Å². The molecule has 1 amide bonds. The zero-order chi connectivity index (χ0) is 14.9. The molecule has 20 heavy (non-hydrogen) atoms. The van der Waals surface area contributed by atoms with E-state index in [0.29, 0.717) is 18.5 Å². The molecule has 0 saturated carbocycles. The molecule has 0 bridgehead atoms. The van der Waals surface area contributed by atoms with E-state index >= 15 is 0 Å². The van der Waals surface area contributed by atoms with Crippen molar-refractivity contribution >= 4 is 23.2 Å². The number of carbonyl (C=O) groups excluding carboxylic acids is 2. The van der Waals surface area contributed by atoms with Gasteiger partial charge in [0.15, 0.2) is 0 Å². The second kappa shape index (κ2) is 5.56. The Morgan fingerprint density at radius 1 is 1.35 bits per heavy atom. The van der Waals surface area contributed by atoms with Crippen LogP contribution >= 0.6 is 11.3 Å². The van der Waals surface area contributed by atoms with E-state index < -0.39 is 11.6 Å². The number of likely N-dealkylation sites (tertiary alicyclic amines) is 1. The van der Waals surface area contributed by atoms with E-state index in [1.54, 1.807) is 4.90 Å². The summed E-state index contributed by atoms with van der Waals surface area (Å²) >= 11 is 1.51. The minimum Gasteiger partial charge on any atom is -0.458 e. The lowest BCUT2D eigenvalue weighted by atomic mass is 10.1. The second-order valence-corrected chi connectivity index (χ2v) is 6.90. The average molecular weight is 295 g/mol. The highest BCUT2D eigenvalue weighted by atomic mass is 32.1. The van der Waals surface area contributed by atoms with E-state index in [-0.39, 0.29) is 11.9 Å². The molecule has 5 heteroatoms. The van der Waals surface area contributed by atoms with Gasteiger partial charge in [-0.05, 0) is 51.5 Å². The first-order chi connectivity index (χ1) is 9.29. The normalized spacial score (nSPS) is 19.2. The Morgan fingerprint density at radius 3 is 2.60 bits per heavy atom. The molecule has 1 aliphatic heterocycles. The van der Waals surface area contributed by atoms with Gasteiger partial charge < -0.3 is 9.64 Å². The van der Waals surface area contributed by atoms with Crippen molar-refractivity contribution in [2.75, 3.05) is 6.54 Å². The van der Waals surface area contributed by atoms with Gasteiger partial charge in [-0.2, -0.15) is 11.3 Å². The number of nitrogens with zero attached hydrogens (tertiary/aromatic N) is 1. The fourth-order valence-corrected chi connectivity index (χ4v) is 3.18. The molecule has 2 heterocycles. The first kappa shape index (κ1) is 15.0. The van der Waals surface area contributed by atoms with Crippen LogP contribution in [0.5, 0.6) is 0 Å². The molecule has 110 valence electrons. The van der Waals surface area contributed by atoms with Crippen LogP contribution in [0.25, 0.3) is 0 Å². The van der Waals surface area contributed by atoms with E-state index in [9.17, 15) is 9.59 Å². The molecular formula is C15H21NO3S. The molecule has 1 aromatic heterocycles. The molecule has 4 nitrogen and oxygen atoms in total. The number of aryl methyl sites for hydroxylation is 1. The number of hydrogen-bond donors (Lipinski definition) is 0. The maximum Gasteiger partial charge on any atom is 0.329 e. The summed E-state index contributed by atoms with van der Waals surface area (Å²) in [5.74, 6) is -0.353. The number of ether oxygens (including phenoxy) is 1. The zero-order valence-electron chi connectivity index (χ0n) is 12.4. The Balaban J connectivity index is 2.13. The van der Waals surface area contributed by atoms with Crippen LogP contribution < -0.4 is 0 Å². The molecule has 1 aliphatic rings. The van der Waals surface area contributed by atoms with Crippen molar-refractivity contribution in [1.82, 2.24) is 4.90 Å². The predicted octanol–water partition coefficient (Wildman–Crippen LogP) is 3.00. The summed E-state index contributed by atoms with van der Waals surface area (Å²) in [6.45, 7) is 8.07. The molecule has 0 spiro atoms. The summed E-state index contributed by atoms with van der Waals surface area (Å²) in [4.78, 5) is 26.4. The van der Waals surface area contributed by atoms with Gasteiger partial charge in [-0.25, -0.2) is 4.79 Å². The van der Waals surface area contributed by atoms with Gasteiger partial charge in [0.1, 0.15) is 11.6 Å². The standard InChI is InChI=1S/C15H21NO3S/c1-10-8-20-9-11(10)13(17)16-7-5-6-12(16)14(18)19-15(2,3)4/h8-9,12H,5-7H2,1-4H3/t12-/m0/s1. The molecule has 1 fully saturated rings. The van der Waals surface area contributed by atoms with Crippen LogP contribution in [0.4, 0.5) is 0 Å². The van der Waals surface area contributed by atoms with Crippen LogP contribution in [-0.4, -0.2) is 35.0 Å². The lowest BCUT2D eigenvalue weighted by molar-refractivity contribution is -0.159. The van der Waals surface area contributed by atoms with Gasteiger partial charge in [0.05, 0.1) is 5.56 Å². The Hall–Kier alpha value is -1.36. The van der Waals surface area contributed by atoms with Crippen molar-refractivity contribution in [2.45, 2.75) is 52.2 Å². The number of rotatable bonds is 2. The molecular weight excluding hydrogens is 274 g/mol. The average Bonchev–Trinajstić information content (AvgIpc) is 2.93. The highest BCUT2D eigenvalue weighted by Gasteiger charge is 2.37.